The van der Waals surface area contributed by atoms with E-state index in [1.165, 1.54) is 0 Å². The fourth-order valence-electron chi connectivity index (χ4n) is 1.67. The molecule has 0 aliphatic rings. The van der Waals surface area contributed by atoms with Gasteiger partial charge in [-0.05, 0) is 17.7 Å². The minimum Gasteiger partial charge on any atom is -0.494 e. The van der Waals surface area contributed by atoms with E-state index in [-0.39, 0.29) is 0 Å². The maximum absolute atomic E-state index is 5.33. The van der Waals surface area contributed by atoms with Gasteiger partial charge in [-0.1, -0.05) is 46.3 Å². The second-order valence-electron chi connectivity index (χ2n) is 3.83. The van der Waals surface area contributed by atoms with E-state index in [0.717, 1.165) is 10.0 Å². The number of rotatable bonds is 4. The lowest BCUT2D eigenvalue weighted by Gasteiger charge is -2.10. The third-order valence-corrected chi connectivity index (χ3v) is 3.04. The summed E-state index contributed by atoms with van der Waals surface area (Å²) in [6, 6.07) is 13.6. The lowest BCUT2D eigenvalue weighted by molar-refractivity contribution is 0.396. The molecule has 4 heteroatoms. The summed E-state index contributed by atoms with van der Waals surface area (Å²) in [5.74, 6) is 1.33. The molecule has 0 fully saturated rings. The smallest absolute Gasteiger partial charge is 0.149 e. The Morgan fingerprint density at radius 2 is 1.58 bits per heavy atom. The van der Waals surface area contributed by atoms with E-state index < -0.39 is 0 Å². The molecule has 2 aromatic carbocycles. The molecule has 0 heterocycles. The van der Waals surface area contributed by atoms with Gasteiger partial charge in [0.05, 0.1) is 14.2 Å². The first-order chi connectivity index (χ1) is 9.24. The van der Waals surface area contributed by atoms with E-state index in [9.17, 15) is 0 Å². The first-order valence-corrected chi connectivity index (χ1v) is 6.54. The van der Waals surface area contributed by atoms with E-state index in [1.54, 1.807) is 20.4 Å². The van der Waals surface area contributed by atoms with Crippen molar-refractivity contribution in [3.63, 3.8) is 0 Å². The zero-order valence-electron chi connectivity index (χ0n) is 10.8. The average molecular weight is 320 g/mol. The van der Waals surface area contributed by atoms with Crippen LogP contribution in [-0.4, -0.2) is 20.4 Å². The van der Waals surface area contributed by atoms with Gasteiger partial charge in [-0.3, -0.25) is 0 Å². The summed E-state index contributed by atoms with van der Waals surface area (Å²) in [6.45, 7) is 0. The van der Waals surface area contributed by atoms with Crippen LogP contribution >= 0.6 is 15.9 Å². The zero-order chi connectivity index (χ0) is 13.7. The molecule has 19 heavy (non-hydrogen) atoms. The Balaban J connectivity index is 2.41. The topological polar surface area (TPSA) is 30.8 Å². The van der Waals surface area contributed by atoms with Crippen molar-refractivity contribution >= 4 is 27.8 Å². The van der Waals surface area contributed by atoms with Crippen molar-refractivity contribution in [2.75, 3.05) is 14.2 Å². The summed E-state index contributed by atoms with van der Waals surface area (Å²) < 4.78 is 11.6. The number of aliphatic imine (C=N–C) groups is 1. The van der Waals surface area contributed by atoms with Crippen molar-refractivity contribution in [3.8, 4) is 11.5 Å². The van der Waals surface area contributed by atoms with Gasteiger partial charge < -0.3 is 9.47 Å². The van der Waals surface area contributed by atoms with Crippen LogP contribution in [0.5, 0.6) is 11.5 Å². The highest BCUT2D eigenvalue weighted by molar-refractivity contribution is 9.10. The largest absolute Gasteiger partial charge is 0.494 e. The van der Waals surface area contributed by atoms with Gasteiger partial charge in [-0.15, -0.1) is 0 Å². The minimum absolute atomic E-state index is 0.665. The first-order valence-electron chi connectivity index (χ1n) is 5.75. The lowest BCUT2D eigenvalue weighted by atomic mass is 10.2. The summed E-state index contributed by atoms with van der Waals surface area (Å²) in [4.78, 5) is 4.46. The second kappa shape index (κ2) is 6.38. The lowest BCUT2D eigenvalue weighted by Crippen LogP contribution is -1.90. The van der Waals surface area contributed by atoms with Crippen LogP contribution in [0.15, 0.2) is 51.9 Å². The summed E-state index contributed by atoms with van der Waals surface area (Å²) in [5.41, 5.74) is 1.70. The number of halogens is 1. The Morgan fingerprint density at radius 3 is 2.11 bits per heavy atom. The van der Waals surface area contributed by atoms with Crippen LogP contribution in [0.3, 0.4) is 0 Å². The molecule has 0 aromatic heterocycles. The van der Waals surface area contributed by atoms with Crippen LogP contribution in [0, 0.1) is 0 Å². The Bertz CT molecular complexity index is 557. The highest BCUT2D eigenvalue weighted by atomic mass is 79.9. The molecular weight excluding hydrogens is 306 g/mol. The van der Waals surface area contributed by atoms with Crippen molar-refractivity contribution in [1.82, 2.24) is 0 Å². The van der Waals surface area contributed by atoms with Crippen molar-refractivity contribution in [1.29, 1.82) is 0 Å². The summed E-state index contributed by atoms with van der Waals surface area (Å²) in [6.07, 6.45) is 1.79. The van der Waals surface area contributed by atoms with E-state index >= 15 is 0 Å². The van der Waals surface area contributed by atoms with Crippen LogP contribution < -0.4 is 9.47 Å². The SMILES string of the molecule is COc1cc(Br)cc(OC)c1N=Cc1ccccc1. The van der Waals surface area contributed by atoms with E-state index in [1.807, 2.05) is 42.5 Å². The molecule has 0 aliphatic heterocycles. The van der Waals surface area contributed by atoms with Gasteiger partial charge in [0, 0.05) is 10.7 Å². The fraction of sp³-hybridized carbons (Fsp3) is 0.133. The van der Waals surface area contributed by atoms with Crippen molar-refractivity contribution < 1.29 is 9.47 Å². The number of ether oxygens (including phenoxy) is 2. The van der Waals surface area contributed by atoms with Crippen molar-refractivity contribution in [3.05, 3.63) is 52.5 Å². The van der Waals surface area contributed by atoms with Crippen LogP contribution in [0.1, 0.15) is 5.56 Å². The maximum atomic E-state index is 5.33. The Hall–Kier alpha value is -1.81. The van der Waals surface area contributed by atoms with Gasteiger partial charge in [0.25, 0.3) is 0 Å². The molecule has 3 nitrogen and oxygen atoms in total. The molecule has 2 aromatic rings. The molecular formula is C15H14BrNO2. The monoisotopic (exact) mass is 319 g/mol. The van der Waals surface area contributed by atoms with Crippen LogP contribution in [0.2, 0.25) is 0 Å². The molecule has 0 N–H and O–H groups in total. The molecule has 98 valence electrons. The molecule has 0 saturated carbocycles. The molecule has 0 saturated heterocycles. The van der Waals surface area contributed by atoms with Gasteiger partial charge >= 0.3 is 0 Å². The van der Waals surface area contributed by atoms with Gasteiger partial charge in [0.1, 0.15) is 17.2 Å². The van der Waals surface area contributed by atoms with E-state index in [4.69, 9.17) is 9.47 Å². The highest BCUT2D eigenvalue weighted by Gasteiger charge is 2.10. The normalized spacial score (nSPS) is 10.7. The highest BCUT2D eigenvalue weighted by Crippen LogP contribution is 2.40. The van der Waals surface area contributed by atoms with Crippen molar-refractivity contribution in [2.45, 2.75) is 0 Å². The Labute approximate surface area is 121 Å². The van der Waals surface area contributed by atoms with Crippen LogP contribution in [0.25, 0.3) is 0 Å². The van der Waals surface area contributed by atoms with Gasteiger partial charge in [0.15, 0.2) is 0 Å². The number of hydrogen-bond donors (Lipinski definition) is 0. The standard InChI is InChI=1S/C15H14BrNO2/c1-18-13-8-12(16)9-14(19-2)15(13)17-10-11-6-4-3-5-7-11/h3-10H,1-2H3. The van der Waals surface area contributed by atoms with Crippen molar-refractivity contribution in [2.24, 2.45) is 4.99 Å². The Morgan fingerprint density at radius 1 is 1.00 bits per heavy atom. The number of nitrogens with zero attached hydrogens (tertiary/aromatic N) is 1. The predicted octanol–water partition coefficient (Wildman–Crippen LogP) is 4.22. The number of hydrogen-bond acceptors (Lipinski definition) is 3. The molecule has 0 spiro atoms. The third kappa shape index (κ3) is 3.35. The number of methoxy groups -OCH3 is 2. The van der Waals surface area contributed by atoms with E-state index in [0.29, 0.717) is 17.2 Å². The number of benzene rings is 2. The predicted molar refractivity (Wildman–Crippen MR) is 80.9 cm³/mol. The molecule has 0 bridgehead atoms. The maximum Gasteiger partial charge on any atom is 0.149 e. The quantitative estimate of drug-likeness (QED) is 0.790. The summed E-state index contributed by atoms with van der Waals surface area (Å²) in [5, 5.41) is 0. The fourth-order valence-corrected chi connectivity index (χ4v) is 2.08. The minimum atomic E-state index is 0.665. The second-order valence-corrected chi connectivity index (χ2v) is 4.74. The van der Waals surface area contributed by atoms with Gasteiger partial charge in [-0.25, -0.2) is 4.99 Å². The first kappa shape index (κ1) is 13.6. The molecule has 0 unspecified atom stereocenters. The van der Waals surface area contributed by atoms with Crippen LogP contribution in [0.4, 0.5) is 5.69 Å². The zero-order valence-corrected chi connectivity index (χ0v) is 12.3. The van der Waals surface area contributed by atoms with E-state index in [2.05, 4.69) is 20.9 Å². The summed E-state index contributed by atoms with van der Waals surface area (Å²) >= 11 is 3.41. The van der Waals surface area contributed by atoms with Gasteiger partial charge in [-0.2, -0.15) is 0 Å². The summed E-state index contributed by atoms with van der Waals surface area (Å²) in [7, 11) is 3.23. The molecule has 0 radical (unpaired) electrons. The molecule has 0 amide bonds. The molecule has 0 aliphatic carbocycles. The molecule has 0 atom stereocenters. The Kier molecular flexibility index (Phi) is 4.58. The van der Waals surface area contributed by atoms with Gasteiger partial charge in [0.2, 0.25) is 0 Å². The van der Waals surface area contributed by atoms with Crippen LogP contribution in [-0.2, 0) is 0 Å². The molecule has 2 rings (SSSR count). The average Bonchev–Trinajstić information content (AvgIpc) is 2.46. The third-order valence-electron chi connectivity index (χ3n) is 2.59.